The molecule has 9 nitrogen and oxygen atoms in total. The van der Waals surface area contributed by atoms with Crippen molar-refractivity contribution in [2.45, 2.75) is 50.9 Å². The quantitative estimate of drug-likeness (QED) is 0.344. The molecule has 0 aromatic heterocycles. The fraction of sp³-hybridized carbons (Fsp3) is 0.714. The number of likely N-dealkylation sites (tertiary alicyclic amines) is 1. The van der Waals surface area contributed by atoms with Gasteiger partial charge in [0.05, 0.1) is 6.04 Å². The second kappa shape index (κ2) is 8.88. The van der Waals surface area contributed by atoms with Crippen LogP contribution in [0, 0.1) is 0 Å². The maximum absolute atomic E-state index is 12.3. The molecule has 0 aliphatic carbocycles. The zero-order valence-electron chi connectivity index (χ0n) is 13.7. The van der Waals surface area contributed by atoms with Crippen LogP contribution in [-0.2, 0) is 19.2 Å². The number of nitrogens with two attached hydrogens (primary N) is 1. The number of hydrogen-bond acceptors (Lipinski definition) is 6. The van der Waals surface area contributed by atoms with Crippen molar-refractivity contribution in [3.63, 3.8) is 0 Å². The summed E-state index contributed by atoms with van der Waals surface area (Å²) in [5, 5.41) is 13.6. The van der Waals surface area contributed by atoms with Crippen molar-refractivity contribution in [2.24, 2.45) is 5.73 Å². The van der Waals surface area contributed by atoms with Gasteiger partial charge in [-0.25, -0.2) is 0 Å². The number of rotatable bonds is 7. The minimum Gasteiger partial charge on any atom is -0.480 e. The van der Waals surface area contributed by atoms with Crippen molar-refractivity contribution < 1.29 is 24.3 Å². The molecule has 4 atom stereocenters. The highest BCUT2D eigenvalue weighted by atomic mass is 32.1. The van der Waals surface area contributed by atoms with Crippen LogP contribution in [0.25, 0.3) is 0 Å². The Kier molecular flexibility index (Phi) is 7.49. The highest BCUT2D eigenvalue weighted by molar-refractivity contribution is 7.80. The van der Waals surface area contributed by atoms with Gasteiger partial charge < -0.3 is 26.4 Å². The molecule has 0 aromatic carbocycles. The average Bonchev–Trinajstić information content (AvgIpc) is 3.02. The van der Waals surface area contributed by atoms with Gasteiger partial charge in [0, 0.05) is 12.3 Å². The molecule has 0 spiro atoms. The molecule has 1 rings (SSSR count). The summed E-state index contributed by atoms with van der Waals surface area (Å²) in [6.07, 6.45) is 1.15. The van der Waals surface area contributed by atoms with Gasteiger partial charge in [0.2, 0.25) is 17.7 Å². The summed E-state index contributed by atoms with van der Waals surface area (Å²) in [5.74, 6) is -2.41. The van der Waals surface area contributed by atoms with Gasteiger partial charge in [-0.3, -0.25) is 19.2 Å². The Morgan fingerprint density at radius 2 is 1.88 bits per heavy atom. The van der Waals surface area contributed by atoms with E-state index < -0.39 is 42.0 Å². The van der Waals surface area contributed by atoms with E-state index in [1.54, 1.807) is 0 Å². The summed E-state index contributed by atoms with van der Waals surface area (Å²) >= 11 is 3.99. The van der Waals surface area contributed by atoms with E-state index in [4.69, 9.17) is 10.8 Å². The molecule has 3 amide bonds. The summed E-state index contributed by atoms with van der Waals surface area (Å²) in [4.78, 5) is 48.5. The number of nitrogens with zero attached hydrogens (tertiary/aromatic N) is 1. The highest BCUT2D eigenvalue weighted by Crippen LogP contribution is 2.18. The van der Waals surface area contributed by atoms with Gasteiger partial charge >= 0.3 is 5.97 Å². The summed E-state index contributed by atoms with van der Waals surface area (Å²) in [6.45, 7) is 3.20. The normalized spacial score (nSPS) is 20.8. The third-order valence-corrected chi connectivity index (χ3v) is 4.23. The lowest BCUT2D eigenvalue weighted by atomic mass is 10.1. The predicted molar refractivity (Wildman–Crippen MR) is 89.4 cm³/mol. The molecule has 1 saturated heterocycles. The standard InChI is InChI=1S/C14H24N4O5S/c1-7(11(19)17-8(2)14(22)23)16-12(20)10-4-3-5-18(10)13(21)9(15)6-24/h7-10,24H,3-6,15H2,1-2H3,(H,16,20)(H,17,19)(H,22,23). The number of hydrogen-bond donors (Lipinski definition) is 5. The van der Waals surface area contributed by atoms with Crippen LogP contribution in [0.1, 0.15) is 26.7 Å². The Bertz CT molecular complexity index is 515. The average molecular weight is 360 g/mol. The van der Waals surface area contributed by atoms with E-state index >= 15 is 0 Å². The van der Waals surface area contributed by atoms with Crippen LogP contribution in [-0.4, -0.2) is 70.2 Å². The minimum atomic E-state index is -1.17. The highest BCUT2D eigenvalue weighted by Gasteiger charge is 2.36. The smallest absolute Gasteiger partial charge is 0.325 e. The largest absolute Gasteiger partial charge is 0.480 e. The zero-order chi connectivity index (χ0) is 18.4. The Morgan fingerprint density at radius 1 is 1.25 bits per heavy atom. The molecular weight excluding hydrogens is 336 g/mol. The van der Waals surface area contributed by atoms with Crippen molar-refractivity contribution >= 4 is 36.3 Å². The van der Waals surface area contributed by atoms with Crippen LogP contribution in [0.4, 0.5) is 0 Å². The lowest BCUT2D eigenvalue weighted by Crippen LogP contribution is -2.55. The number of carboxylic acids is 1. The van der Waals surface area contributed by atoms with Crippen molar-refractivity contribution in [3.8, 4) is 0 Å². The van der Waals surface area contributed by atoms with Crippen LogP contribution in [0.3, 0.4) is 0 Å². The van der Waals surface area contributed by atoms with E-state index in [0.29, 0.717) is 19.4 Å². The number of aliphatic carboxylic acids is 1. The molecule has 1 heterocycles. The third kappa shape index (κ3) is 5.10. The first-order chi connectivity index (χ1) is 11.2. The van der Waals surface area contributed by atoms with E-state index in [0.717, 1.165) is 0 Å². The number of nitrogens with one attached hydrogen (secondary N) is 2. The van der Waals surface area contributed by atoms with Crippen LogP contribution in [0.15, 0.2) is 0 Å². The second-order valence-electron chi connectivity index (χ2n) is 5.78. The number of carbonyl (C=O) groups excluding carboxylic acids is 3. The molecule has 24 heavy (non-hydrogen) atoms. The minimum absolute atomic E-state index is 0.176. The number of amides is 3. The van der Waals surface area contributed by atoms with E-state index in [9.17, 15) is 19.2 Å². The van der Waals surface area contributed by atoms with Gasteiger partial charge in [0.25, 0.3) is 0 Å². The third-order valence-electron chi connectivity index (χ3n) is 3.83. The fourth-order valence-corrected chi connectivity index (χ4v) is 2.53. The molecule has 136 valence electrons. The molecule has 5 N–H and O–H groups in total. The monoisotopic (exact) mass is 360 g/mol. The summed E-state index contributed by atoms with van der Waals surface area (Å²) in [7, 11) is 0. The SMILES string of the molecule is CC(NC(=O)C(C)NC(=O)C1CCCN1C(=O)C(N)CS)C(=O)O. The van der Waals surface area contributed by atoms with Crippen molar-refractivity contribution in [3.05, 3.63) is 0 Å². The molecule has 1 fully saturated rings. The van der Waals surface area contributed by atoms with Crippen molar-refractivity contribution in [1.29, 1.82) is 0 Å². The van der Waals surface area contributed by atoms with Crippen molar-refractivity contribution in [2.75, 3.05) is 12.3 Å². The Morgan fingerprint density at radius 3 is 2.42 bits per heavy atom. The number of carboxylic acid groups (broad SMARTS) is 1. The van der Waals surface area contributed by atoms with E-state index in [2.05, 4.69) is 23.3 Å². The lowest BCUT2D eigenvalue weighted by Gasteiger charge is -2.27. The summed E-state index contributed by atoms with van der Waals surface area (Å²) in [5.41, 5.74) is 5.67. The molecule has 10 heteroatoms. The van der Waals surface area contributed by atoms with Crippen LogP contribution in [0.5, 0.6) is 0 Å². The molecule has 1 aliphatic heterocycles. The Labute approximate surface area is 145 Å². The maximum atomic E-state index is 12.3. The molecule has 0 aromatic rings. The molecule has 0 radical (unpaired) electrons. The number of carbonyl (C=O) groups is 4. The molecule has 4 unspecified atom stereocenters. The molecule has 1 aliphatic rings. The fourth-order valence-electron chi connectivity index (χ4n) is 2.37. The van der Waals surface area contributed by atoms with Gasteiger partial charge in [0.1, 0.15) is 18.1 Å². The zero-order valence-corrected chi connectivity index (χ0v) is 14.6. The van der Waals surface area contributed by atoms with Crippen LogP contribution >= 0.6 is 12.6 Å². The van der Waals surface area contributed by atoms with E-state index in [1.807, 2.05) is 0 Å². The Hall–Kier alpha value is -1.81. The first kappa shape index (κ1) is 20.2. The van der Waals surface area contributed by atoms with E-state index in [-0.39, 0.29) is 11.7 Å². The summed E-state index contributed by atoms with van der Waals surface area (Å²) < 4.78 is 0. The van der Waals surface area contributed by atoms with Crippen LogP contribution in [0.2, 0.25) is 0 Å². The number of thiol groups is 1. The Balaban J connectivity index is 2.64. The van der Waals surface area contributed by atoms with Gasteiger partial charge in [-0.2, -0.15) is 12.6 Å². The van der Waals surface area contributed by atoms with E-state index in [1.165, 1.54) is 18.7 Å². The lowest BCUT2D eigenvalue weighted by molar-refractivity contribution is -0.142. The molecule has 0 bridgehead atoms. The molecule has 0 saturated carbocycles. The van der Waals surface area contributed by atoms with Gasteiger partial charge in [0.15, 0.2) is 0 Å². The second-order valence-corrected chi connectivity index (χ2v) is 6.14. The summed E-state index contributed by atoms with van der Waals surface area (Å²) in [6, 6.07) is -3.44. The maximum Gasteiger partial charge on any atom is 0.325 e. The van der Waals surface area contributed by atoms with Crippen molar-refractivity contribution in [1.82, 2.24) is 15.5 Å². The van der Waals surface area contributed by atoms with Gasteiger partial charge in [-0.15, -0.1) is 0 Å². The first-order valence-corrected chi connectivity index (χ1v) is 8.32. The van der Waals surface area contributed by atoms with Crippen LogP contribution < -0.4 is 16.4 Å². The predicted octanol–water partition coefficient (Wildman–Crippen LogP) is -1.67. The topological polar surface area (TPSA) is 142 Å². The van der Waals surface area contributed by atoms with Gasteiger partial charge in [-0.1, -0.05) is 0 Å². The molecular formula is C14H24N4O5S. The van der Waals surface area contributed by atoms with Gasteiger partial charge in [-0.05, 0) is 26.7 Å². The first-order valence-electron chi connectivity index (χ1n) is 7.69.